The minimum atomic E-state index is 0.331. The van der Waals surface area contributed by atoms with Crippen molar-refractivity contribution >= 4 is 23.2 Å². The van der Waals surface area contributed by atoms with Crippen LogP contribution in [0.5, 0.6) is 0 Å². The van der Waals surface area contributed by atoms with Crippen LogP contribution < -0.4 is 9.80 Å². The van der Waals surface area contributed by atoms with Crippen molar-refractivity contribution < 1.29 is 9.47 Å². The van der Waals surface area contributed by atoms with Crippen molar-refractivity contribution in [1.82, 2.24) is 9.97 Å². The third-order valence-electron chi connectivity index (χ3n) is 4.19. The van der Waals surface area contributed by atoms with Crippen LogP contribution >= 0.6 is 11.6 Å². The Morgan fingerprint density at radius 3 is 2.60 bits per heavy atom. The van der Waals surface area contributed by atoms with E-state index in [1.807, 2.05) is 0 Å². The lowest BCUT2D eigenvalue weighted by molar-refractivity contribution is 0.0973. The summed E-state index contributed by atoms with van der Waals surface area (Å²) in [7, 11) is 0. The molecule has 7 heteroatoms. The average molecular weight is 297 g/mol. The third-order valence-corrected chi connectivity index (χ3v) is 4.36. The molecule has 1 atom stereocenters. The fourth-order valence-corrected chi connectivity index (χ4v) is 3.39. The monoisotopic (exact) mass is 296 g/mol. The summed E-state index contributed by atoms with van der Waals surface area (Å²) in [6.45, 7) is 5.61. The highest BCUT2D eigenvalue weighted by atomic mass is 35.5. The van der Waals surface area contributed by atoms with Crippen molar-refractivity contribution in [1.29, 1.82) is 0 Å². The summed E-state index contributed by atoms with van der Waals surface area (Å²) in [5, 5.41) is 0.331. The number of hydrogen-bond donors (Lipinski definition) is 0. The number of halogens is 1. The Labute approximate surface area is 122 Å². The third kappa shape index (κ3) is 2.03. The number of nitrogens with zero attached hydrogens (tertiary/aromatic N) is 4. The van der Waals surface area contributed by atoms with Gasteiger partial charge in [-0.25, -0.2) is 9.97 Å². The maximum Gasteiger partial charge on any atom is 0.226 e. The molecule has 0 bridgehead atoms. The van der Waals surface area contributed by atoms with Gasteiger partial charge in [-0.05, 0) is 11.6 Å². The van der Waals surface area contributed by atoms with Crippen LogP contribution in [0, 0.1) is 0 Å². The number of aromatic nitrogens is 2. The molecule has 3 aliphatic rings. The molecule has 0 radical (unpaired) electrons. The highest BCUT2D eigenvalue weighted by molar-refractivity contribution is 6.28. The molecule has 0 amide bonds. The fraction of sp³-hybridized carbons (Fsp3) is 0.692. The van der Waals surface area contributed by atoms with E-state index in [0.717, 1.165) is 64.1 Å². The fourth-order valence-electron chi connectivity index (χ4n) is 3.23. The van der Waals surface area contributed by atoms with Crippen molar-refractivity contribution in [3.8, 4) is 0 Å². The molecule has 108 valence electrons. The van der Waals surface area contributed by atoms with E-state index in [4.69, 9.17) is 21.1 Å². The van der Waals surface area contributed by atoms with Crippen molar-refractivity contribution in [2.75, 3.05) is 55.9 Å². The van der Waals surface area contributed by atoms with Gasteiger partial charge >= 0.3 is 0 Å². The van der Waals surface area contributed by atoms with Crippen LogP contribution in [0.15, 0.2) is 0 Å². The number of hydrogen-bond acceptors (Lipinski definition) is 6. The summed E-state index contributed by atoms with van der Waals surface area (Å²) < 4.78 is 11.0. The van der Waals surface area contributed by atoms with Gasteiger partial charge in [0.2, 0.25) is 5.28 Å². The topological polar surface area (TPSA) is 50.7 Å². The lowest BCUT2D eigenvalue weighted by atomic mass is 10.1. The number of morpholine rings is 2. The van der Waals surface area contributed by atoms with E-state index < -0.39 is 0 Å². The first-order chi connectivity index (χ1) is 9.83. The van der Waals surface area contributed by atoms with Crippen molar-refractivity contribution in [2.45, 2.75) is 12.5 Å². The molecule has 3 aliphatic heterocycles. The number of anilines is 2. The second kappa shape index (κ2) is 5.02. The first kappa shape index (κ1) is 12.6. The maximum atomic E-state index is 6.14. The first-order valence-corrected chi connectivity index (χ1v) is 7.44. The van der Waals surface area contributed by atoms with Crippen LogP contribution in [-0.2, 0) is 15.9 Å². The quantitative estimate of drug-likeness (QED) is 0.712. The molecule has 4 heterocycles. The Bertz CT molecular complexity index is 521. The molecule has 1 unspecified atom stereocenters. The Balaban J connectivity index is 1.74. The largest absolute Gasteiger partial charge is 0.378 e. The molecule has 2 saturated heterocycles. The van der Waals surface area contributed by atoms with Crippen LogP contribution in [0.1, 0.15) is 5.56 Å². The molecule has 0 aromatic carbocycles. The highest BCUT2D eigenvalue weighted by Gasteiger charge is 2.36. The smallest absolute Gasteiger partial charge is 0.226 e. The summed E-state index contributed by atoms with van der Waals surface area (Å²) in [6.07, 6.45) is 0.944. The zero-order valence-electron chi connectivity index (χ0n) is 11.2. The minimum Gasteiger partial charge on any atom is -0.378 e. The summed E-state index contributed by atoms with van der Waals surface area (Å²) in [5.41, 5.74) is 1.21. The molecule has 6 nitrogen and oxygen atoms in total. The van der Waals surface area contributed by atoms with E-state index in [9.17, 15) is 0 Å². The molecular weight excluding hydrogens is 280 g/mol. The predicted molar refractivity (Wildman–Crippen MR) is 75.7 cm³/mol. The second-order valence-electron chi connectivity index (χ2n) is 5.34. The lowest BCUT2D eigenvalue weighted by Gasteiger charge is -2.31. The molecule has 0 N–H and O–H groups in total. The van der Waals surface area contributed by atoms with Crippen LogP contribution in [0.25, 0.3) is 0 Å². The standard InChI is InChI=1S/C13H17ClN4O2/c14-13-15-11(17-1-4-19-5-2-17)10-7-9-8-20-6-3-18(9)12(10)16-13/h9H,1-8H2. The summed E-state index contributed by atoms with van der Waals surface area (Å²) >= 11 is 6.14. The molecule has 0 aliphatic carbocycles. The van der Waals surface area contributed by atoms with Gasteiger partial charge in [-0.15, -0.1) is 0 Å². The van der Waals surface area contributed by atoms with Crippen LogP contribution in [0.3, 0.4) is 0 Å². The Morgan fingerprint density at radius 1 is 1.00 bits per heavy atom. The lowest BCUT2D eigenvalue weighted by Crippen LogP contribution is -2.43. The van der Waals surface area contributed by atoms with Crippen molar-refractivity contribution in [2.24, 2.45) is 0 Å². The molecule has 0 saturated carbocycles. The first-order valence-electron chi connectivity index (χ1n) is 7.06. The summed E-state index contributed by atoms with van der Waals surface area (Å²) in [4.78, 5) is 13.5. The average Bonchev–Trinajstić information content (AvgIpc) is 2.86. The number of rotatable bonds is 1. The number of ether oxygens (including phenoxy) is 2. The summed E-state index contributed by atoms with van der Waals surface area (Å²) in [6, 6.07) is 0.381. The van der Waals surface area contributed by atoms with Gasteiger partial charge in [-0.2, -0.15) is 0 Å². The SMILES string of the molecule is Clc1nc(N2CCOCC2)c2c(n1)N1CCOCC1C2. The zero-order valence-corrected chi connectivity index (χ0v) is 12.0. The Kier molecular flexibility index (Phi) is 3.17. The molecule has 0 spiro atoms. The molecule has 20 heavy (non-hydrogen) atoms. The van der Waals surface area contributed by atoms with Gasteiger partial charge in [0.25, 0.3) is 0 Å². The maximum absolute atomic E-state index is 6.14. The van der Waals surface area contributed by atoms with Gasteiger partial charge in [-0.1, -0.05) is 0 Å². The van der Waals surface area contributed by atoms with Crippen LogP contribution in [0.4, 0.5) is 11.6 Å². The normalized spacial score (nSPS) is 25.6. The predicted octanol–water partition coefficient (Wildman–Crippen LogP) is 0.728. The van der Waals surface area contributed by atoms with Gasteiger partial charge in [0, 0.05) is 31.6 Å². The molecule has 4 rings (SSSR count). The Hall–Kier alpha value is -1.11. The van der Waals surface area contributed by atoms with Crippen molar-refractivity contribution in [3.05, 3.63) is 10.8 Å². The van der Waals surface area contributed by atoms with Gasteiger partial charge < -0.3 is 19.3 Å². The molecule has 1 aromatic rings. The van der Waals surface area contributed by atoms with E-state index in [1.165, 1.54) is 5.56 Å². The molecular formula is C13H17ClN4O2. The van der Waals surface area contributed by atoms with Gasteiger partial charge in [-0.3, -0.25) is 0 Å². The van der Waals surface area contributed by atoms with Crippen molar-refractivity contribution in [3.63, 3.8) is 0 Å². The zero-order chi connectivity index (χ0) is 13.5. The Morgan fingerprint density at radius 2 is 1.75 bits per heavy atom. The van der Waals surface area contributed by atoms with E-state index >= 15 is 0 Å². The second-order valence-corrected chi connectivity index (χ2v) is 5.68. The summed E-state index contributed by atoms with van der Waals surface area (Å²) in [5.74, 6) is 1.98. The van der Waals surface area contributed by atoms with E-state index in [1.54, 1.807) is 0 Å². The van der Waals surface area contributed by atoms with E-state index in [2.05, 4.69) is 19.8 Å². The van der Waals surface area contributed by atoms with E-state index in [-0.39, 0.29) is 0 Å². The van der Waals surface area contributed by atoms with Gasteiger partial charge in [0.1, 0.15) is 11.6 Å². The minimum absolute atomic E-state index is 0.331. The van der Waals surface area contributed by atoms with Gasteiger partial charge in [0.05, 0.1) is 32.5 Å². The molecule has 2 fully saturated rings. The van der Waals surface area contributed by atoms with E-state index in [0.29, 0.717) is 11.3 Å². The van der Waals surface area contributed by atoms with Crippen LogP contribution in [0.2, 0.25) is 5.28 Å². The van der Waals surface area contributed by atoms with Gasteiger partial charge in [0.15, 0.2) is 0 Å². The molecule has 1 aromatic heterocycles. The van der Waals surface area contributed by atoms with Crippen LogP contribution in [-0.4, -0.2) is 62.1 Å². The number of fused-ring (bicyclic) bond motifs is 3. The highest BCUT2D eigenvalue weighted by Crippen LogP contribution is 2.38.